The molecule has 0 fully saturated rings. The van der Waals surface area contributed by atoms with Gasteiger partial charge in [0.15, 0.2) is 0 Å². The van der Waals surface area contributed by atoms with Crippen LogP contribution >= 0.6 is 0 Å². The number of hydrogen-bond acceptors (Lipinski definition) is 1. The standard InChI is InChI=1S/C10H18N2O/c1-4-5-6-9-7-11-12(8(2)3)10(9)13/h7-8,11H,4-6H2,1-3H3. The van der Waals surface area contributed by atoms with E-state index in [1.165, 1.54) is 0 Å². The van der Waals surface area contributed by atoms with Crippen LogP contribution in [0.25, 0.3) is 0 Å². The molecule has 0 unspecified atom stereocenters. The summed E-state index contributed by atoms with van der Waals surface area (Å²) in [5.74, 6) is 0. The fourth-order valence-corrected chi connectivity index (χ4v) is 1.35. The molecule has 1 N–H and O–H groups in total. The second-order valence-electron chi connectivity index (χ2n) is 3.67. The first-order chi connectivity index (χ1) is 6.16. The molecule has 3 nitrogen and oxygen atoms in total. The molecule has 0 aromatic carbocycles. The zero-order valence-corrected chi connectivity index (χ0v) is 8.63. The predicted octanol–water partition coefficient (Wildman–Crippen LogP) is 2.10. The van der Waals surface area contributed by atoms with E-state index < -0.39 is 0 Å². The van der Waals surface area contributed by atoms with E-state index in [1.54, 1.807) is 4.68 Å². The summed E-state index contributed by atoms with van der Waals surface area (Å²) in [7, 11) is 0. The van der Waals surface area contributed by atoms with Gasteiger partial charge in [-0.05, 0) is 26.7 Å². The van der Waals surface area contributed by atoms with Crippen LogP contribution in [0.2, 0.25) is 0 Å². The largest absolute Gasteiger partial charge is 0.302 e. The molecular weight excluding hydrogens is 164 g/mol. The van der Waals surface area contributed by atoms with Crippen molar-refractivity contribution in [3.8, 4) is 0 Å². The average Bonchev–Trinajstić information content (AvgIpc) is 2.43. The third-order valence-corrected chi connectivity index (χ3v) is 2.19. The van der Waals surface area contributed by atoms with Gasteiger partial charge >= 0.3 is 0 Å². The van der Waals surface area contributed by atoms with E-state index in [9.17, 15) is 4.79 Å². The molecule has 0 bridgehead atoms. The summed E-state index contributed by atoms with van der Waals surface area (Å²) in [5, 5.41) is 2.99. The summed E-state index contributed by atoms with van der Waals surface area (Å²) < 4.78 is 1.67. The van der Waals surface area contributed by atoms with Crippen LogP contribution in [0.1, 0.15) is 45.2 Å². The first-order valence-corrected chi connectivity index (χ1v) is 4.95. The smallest absolute Gasteiger partial charge is 0.269 e. The Bertz CT molecular complexity index is 309. The minimum Gasteiger partial charge on any atom is -0.302 e. The van der Waals surface area contributed by atoms with E-state index in [2.05, 4.69) is 12.0 Å². The number of aromatic nitrogens is 2. The molecule has 0 saturated heterocycles. The van der Waals surface area contributed by atoms with E-state index in [0.717, 1.165) is 24.8 Å². The molecule has 0 aliphatic rings. The molecule has 3 heteroatoms. The van der Waals surface area contributed by atoms with Gasteiger partial charge in [0.25, 0.3) is 5.56 Å². The van der Waals surface area contributed by atoms with Crippen LogP contribution in [-0.2, 0) is 6.42 Å². The summed E-state index contributed by atoms with van der Waals surface area (Å²) in [6.07, 6.45) is 4.95. The molecule has 1 aromatic heterocycles. The summed E-state index contributed by atoms with van der Waals surface area (Å²) >= 11 is 0. The summed E-state index contributed by atoms with van der Waals surface area (Å²) in [6.45, 7) is 6.14. The number of H-pyrrole nitrogens is 1. The lowest BCUT2D eigenvalue weighted by Crippen LogP contribution is -2.20. The molecule has 0 amide bonds. The summed E-state index contributed by atoms with van der Waals surface area (Å²) in [5.41, 5.74) is 1.05. The van der Waals surface area contributed by atoms with Crippen molar-refractivity contribution >= 4 is 0 Å². The third kappa shape index (κ3) is 2.23. The number of unbranched alkanes of at least 4 members (excludes halogenated alkanes) is 1. The van der Waals surface area contributed by atoms with Crippen LogP contribution < -0.4 is 5.56 Å². The number of nitrogens with one attached hydrogen (secondary N) is 1. The van der Waals surface area contributed by atoms with Crippen molar-refractivity contribution in [3.63, 3.8) is 0 Å². The number of aromatic amines is 1. The first kappa shape index (κ1) is 10.1. The Labute approximate surface area is 78.8 Å². The average molecular weight is 182 g/mol. The highest BCUT2D eigenvalue weighted by Crippen LogP contribution is 2.02. The van der Waals surface area contributed by atoms with Gasteiger partial charge in [-0.15, -0.1) is 0 Å². The zero-order chi connectivity index (χ0) is 9.84. The Morgan fingerprint density at radius 1 is 1.54 bits per heavy atom. The molecule has 1 aromatic rings. The molecule has 0 spiro atoms. The van der Waals surface area contributed by atoms with Crippen LogP contribution in [0.15, 0.2) is 11.0 Å². The van der Waals surface area contributed by atoms with Gasteiger partial charge in [-0.1, -0.05) is 13.3 Å². The first-order valence-electron chi connectivity index (χ1n) is 4.95. The van der Waals surface area contributed by atoms with Gasteiger partial charge in [-0.25, -0.2) is 0 Å². The Morgan fingerprint density at radius 3 is 2.69 bits per heavy atom. The quantitative estimate of drug-likeness (QED) is 0.760. The second kappa shape index (κ2) is 4.30. The highest BCUT2D eigenvalue weighted by atomic mass is 16.1. The Balaban J connectivity index is 2.81. The molecule has 1 heterocycles. The van der Waals surface area contributed by atoms with E-state index in [1.807, 2.05) is 20.0 Å². The minimum absolute atomic E-state index is 0.142. The maximum atomic E-state index is 11.6. The maximum Gasteiger partial charge on any atom is 0.269 e. The summed E-state index contributed by atoms with van der Waals surface area (Å²) in [4.78, 5) is 11.6. The van der Waals surface area contributed by atoms with Crippen LogP contribution in [0.4, 0.5) is 0 Å². The van der Waals surface area contributed by atoms with Gasteiger partial charge in [-0.3, -0.25) is 9.48 Å². The second-order valence-corrected chi connectivity index (χ2v) is 3.67. The van der Waals surface area contributed by atoms with Crippen molar-refractivity contribution in [2.45, 2.75) is 46.1 Å². The van der Waals surface area contributed by atoms with Crippen LogP contribution in [0, 0.1) is 0 Å². The van der Waals surface area contributed by atoms with E-state index >= 15 is 0 Å². The van der Waals surface area contributed by atoms with Gasteiger partial charge in [0.1, 0.15) is 0 Å². The van der Waals surface area contributed by atoms with Crippen molar-refractivity contribution in [3.05, 3.63) is 22.1 Å². The van der Waals surface area contributed by atoms with Crippen LogP contribution in [-0.4, -0.2) is 9.78 Å². The maximum absolute atomic E-state index is 11.6. The van der Waals surface area contributed by atoms with Crippen molar-refractivity contribution in [1.29, 1.82) is 0 Å². The topological polar surface area (TPSA) is 37.8 Å². The third-order valence-electron chi connectivity index (χ3n) is 2.19. The normalized spacial score (nSPS) is 11.1. The van der Waals surface area contributed by atoms with Crippen molar-refractivity contribution in [2.75, 3.05) is 0 Å². The highest BCUT2D eigenvalue weighted by Gasteiger charge is 2.06. The molecule has 74 valence electrons. The zero-order valence-electron chi connectivity index (χ0n) is 8.63. The van der Waals surface area contributed by atoms with Crippen molar-refractivity contribution < 1.29 is 0 Å². The number of aryl methyl sites for hydroxylation is 1. The van der Waals surface area contributed by atoms with Gasteiger partial charge in [-0.2, -0.15) is 0 Å². The monoisotopic (exact) mass is 182 g/mol. The van der Waals surface area contributed by atoms with E-state index in [0.29, 0.717) is 0 Å². The Kier molecular flexibility index (Phi) is 3.34. The van der Waals surface area contributed by atoms with Crippen LogP contribution in [0.5, 0.6) is 0 Å². The SMILES string of the molecule is CCCCc1c[nH]n(C(C)C)c1=O. The minimum atomic E-state index is 0.142. The van der Waals surface area contributed by atoms with E-state index in [-0.39, 0.29) is 11.6 Å². The fraction of sp³-hybridized carbons (Fsp3) is 0.700. The molecule has 0 saturated carbocycles. The van der Waals surface area contributed by atoms with E-state index in [4.69, 9.17) is 0 Å². The number of rotatable bonds is 4. The van der Waals surface area contributed by atoms with Gasteiger partial charge in [0.2, 0.25) is 0 Å². The molecule has 0 atom stereocenters. The molecule has 1 rings (SSSR count). The Morgan fingerprint density at radius 2 is 2.23 bits per heavy atom. The molecular formula is C10H18N2O. The van der Waals surface area contributed by atoms with Gasteiger partial charge in [0.05, 0.1) is 0 Å². The fourth-order valence-electron chi connectivity index (χ4n) is 1.35. The lowest BCUT2D eigenvalue weighted by molar-refractivity contribution is 0.516. The molecule has 0 aliphatic heterocycles. The molecule has 0 aliphatic carbocycles. The van der Waals surface area contributed by atoms with Gasteiger partial charge < -0.3 is 5.10 Å². The summed E-state index contributed by atoms with van der Waals surface area (Å²) in [6, 6.07) is 0.225. The van der Waals surface area contributed by atoms with Crippen molar-refractivity contribution in [1.82, 2.24) is 9.78 Å². The van der Waals surface area contributed by atoms with Crippen LogP contribution in [0.3, 0.4) is 0 Å². The highest BCUT2D eigenvalue weighted by molar-refractivity contribution is 5.05. The number of hydrogen-bond donors (Lipinski definition) is 1. The number of nitrogens with zero attached hydrogens (tertiary/aromatic N) is 1. The molecule has 0 radical (unpaired) electrons. The Hall–Kier alpha value is -0.990. The lowest BCUT2D eigenvalue weighted by Gasteiger charge is -2.03. The lowest BCUT2D eigenvalue weighted by atomic mass is 10.2. The van der Waals surface area contributed by atoms with Crippen molar-refractivity contribution in [2.24, 2.45) is 0 Å². The molecule has 13 heavy (non-hydrogen) atoms. The van der Waals surface area contributed by atoms with Gasteiger partial charge in [0, 0.05) is 17.8 Å². The predicted molar refractivity (Wildman–Crippen MR) is 54.0 cm³/mol.